The van der Waals surface area contributed by atoms with Crippen LogP contribution in [0.15, 0.2) is 36.4 Å². The number of nitriles is 1. The van der Waals surface area contributed by atoms with Gasteiger partial charge in [-0.3, -0.25) is 9.59 Å². The van der Waals surface area contributed by atoms with Gasteiger partial charge >= 0.3 is 6.09 Å². The molecule has 0 spiro atoms. The highest BCUT2D eigenvalue weighted by Crippen LogP contribution is 2.31. The number of ether oxygens (including phenoxy) is 1. The molecular weight excluding hydrogens is 480 g/mol. The second-order valence-electron chi connectivity index (χ2n) is 9.68. The standard InChI is InChI=1S/C27H33ClN4O4/c1-16-11-12-17(2)20(15-16)23(24(33)31-22-18(3)9-8-10-21(22)28)32(14-13-29)25(34)19(4)30-26(35)36-27(5,6)7/h8-12,15,19,23H,14H2,1-7H3,(H,30,35)(H,31,33). The highest BCUT2D eigenvalue weighted by molar-refractivity contribution is 6.34. The number of para-hydroxylation sites is 1. The Kier molecular flexibility index (Phi) is 9.48. The molecule has 0 saturated heterocycles. The lowest BCUT2D eigenvalue weighted by Crippen LogP contribution is -2.51. The van der Waals surface area contributed by atoms with Crippen molar-refractivity contribution >= 4 is 35.2 Å². The van der Waals surface area contributed by atoms with Crippen LogP contribution in [0.1, 0.15) is 56.0 Å². The van der Waals surface area contributed by atoms with Crippen molar-refractivity contribution in [3.8, 4) is 6.07 Å². The molecule has 2 unspecified atom stereocenters. The van der Waals surface area contributed by atoms with Gasteiger partial charge < -0.3 is 20.3 Å². The molecule has 9 heteroatoms. The number of benzene rings is 2. The summed E-state index contributed by atoms with van der Waals surface area (Å²) in [5.74, 6) is -1.15. The van der Waals surface area contributed by atoms with Crippen LogP contribution in [0.25, 0.3) is 0 Å². The Balaban J connectivity index is 2.51. The number of hydrogen-bond donors (Lipinski definition) is 2. The van der Waals surface area contributed by atoms with E-state index in [0.29, 0.717) is 16.3 Å². The van der Waals surface area contributed by atoms with Crippen LogP contribution >= 0.6 is 11.6 Å². The molecule has 0 aliphatic carbocycles. The van der Waals surface area contributed by atoms with Crippen LogP contribution in [0.5, 0.6) is 0 Å². The van der Waals surface area contributed by atoms with E-state index in [1.807, 2.05) is 38.1 Å². The quantitative estimate of drug-likeness (QED) is 0.494. The predicted octanol–water partition coefficient (Wildman–Crippen LogP) is 5.21. The highest BCUT2D eigenvalue weighted by atomic mass is 35.5. The Labute approximate surface area is 217 Å². The van der Waals surface area contributed by atoms with Gasteiger partial charge in [0.05, 0.1) is 16.8 Å². The van der Waals surface area contributed by atoms with Crippen molar-refractivity contribution in [2.75, 3.05) is 11.9 Å². The molecule has 2 rings (SSSR count). The van der Waals surface area contributed by atoms with Crippen molar-refractivity contribution < 1.29 is 19.1 Å². The first-order valence-electron chi connectivity index (χ1n) is 11.5. The topological polar surface area (TPSA) is 112 Å². The first-order valence-corrected chi connectivity index (χ1v) is 11.9. The van der Waals surface area contributed by atoms with E-state index in [-0.39, 0.29) is 6.54 Å². The Bertz CT molecular complexity index is 1160. The molecule has 0 aliphatic heterocycles. The largest absolute Gasteiger partial charge is 0.444 e. The molecule has 0 fully saturated rings. The summed E-state index contributed by atoms with van der Waals surface area (Å²) in [5.41, 5.74) is 2.61. The van der Waals surface area contributed by atoms with Gasteiger partial charge in [-0.15, -0.1) is 0 Å². The zero-order chi connectivity index (χ0) is 27.2. The smallest absolute Gasteiger partial charge is 0.408 e. The number of rotatable bonds is 7. The molecule has 2 atom stereocenters. The molecule has 0 radical (unpaired) electrons. The van der Waals surface area contributed by atoms with Crippen LogP contribution < -0.4 is 10.6 Å². The Hall–Kier alpha value is -3.57. The zero-order valence-corrected chi connectivity index (χ0v) is 22.5. The fourth-order valence-electron chi connectivity index (χ4n) is 3.65. The molecule has 3 amide bonds. The lowest BCUT2D eigenvalue weighted by Gasteiger charge is -2.33. The van der Waals surface area contributed by atoms with Gasteiger partial charge in [0.1, 0.15) is 24.2 Å². The second-order valence-corrected chi connectivity index (χ2v) is 10.1. The van der Waals surface area contributed by atoms with Crippen molar-refractivity contribution in [2.24, 2.45) is 0 Å². The van der Waals surface area contributed by atoms with E-state index in [2.05, 4.69) is 10.6 Å². The molecule has 192 valence electrons. The third-order valence-corrected chi connectivity index (χ3v) is 5.70. The number of alkyl carbamates (subject to hydrolysis) is 1. The number of amides is 3. The first kappa shape index (κ1) is 28.7. The molecule has 0 saturated carbocycles. The van der Waals surface area contributed by atoms with Crippen LogP contribution in [0.2, 0.25) is 5.02 Å². The SMILES string of the molecule is Cc1ccc(C)c(C(C(=O)Nc2c(C)cccc2Cl)N(CC#N)C(=O)C(C)NC(=O)OC(C)(C)C)c1. The molecule has 2 N–H and O–H groups in total. The highest BCUT2D eigenvalue weighted by Gasteiger charge is 2.36. The van der Waals surface area contributed by atoms with Gasteiger partial charge in [-0.2, -0.15) is 5.26 Å². The molecule has 2 aromatic rings. The van der Waals surface area contributed by atoms with Gasteiger partial charge in [0.25, 0.3) is 5.91 Å². The zero-order valence-electron chi connectivity index (χ0n) is 21.7. The average Bonchev–Trinajstić information content (AvgIpc) is 2.76. The molecule has 0 heterocycles. The minimum Gasteiger partial charge on any atom is -0.444 e. The normalized spacial score (nSPS) is 12.6. The van der Waals surface area contributed by atoms with Gasteiger partial charge in [0.2, 0.25) is 5.91 Å². The Morgan fingerprint density at radius 2 is 1.78 bits per heavy atom. The fraction of sp³-hybridized carbons (Fsp3) is 0.407. The summed E-state index contributed by atoms with van der Waals surface area (Å²) < 4.78 is 5.25. The summed E-state index contributed by atoms with van der Waals surface area (Å²) in [6.45, 7) is 11.7. The van der Waals surface area contributed by atoms with E-state index in [9.17, 15) is 19.6 Å². The molecule has 36 heavy (non-hydrogen) atoms. The van der Waals surface area contributed by atoms with Gasteiger partial charge in [-0.05, 0) is 71.2 Å². The number of anilines is 1. The maximum Gasteiger partial charge on any atom is 0.408 e. The summed E-state index contributed by atoms with van der Waals surface area (Å²) >= 11 is 6.34. The summed E-state index contributed by atoms with van der Waals surface area (Å²) in [4.78, 5) is 40.7. The van der Waals surface area contributed by atoms with E-state index in [1.54, 1.807) is 45.9 Å². The Morgan fingerprint density at radius 3 is 2.36 bits per heavy atom. The molecule has 0 bridgehead atoms. The van der Waals surface area contributed by atoms with Crippen molar-refractivity contribution in [3.63, 3.8) is 0 Å². The number of aryl methyl sites for hydroxylation is 3. The average molecular weight is 513 g/mol. The monoisotopic (exact) mass is 512 g/mol. The van der Waals surface area contributed by atoms with E-state index in [1.165, 1.54) is 6.92 Å². The number of carbonyl (C=O) groups excluding carboxylic acids is 3. The van der Waals surface area contributed by atoms with Gasteiger partial charge in [0, 0.05) is 0 Å². The van der Waals surface area contributed by atoms with Gasteiger partial charge in [-0.25, -0.2) is 4.79 Å². The van der Waals surface area contributed by atoms with Crippen LogP contribution in [-0.2, 0) is 14.3 Å². The predicted molar refractivity (Wildman–Crippen MR) is 140 cm³/mol. The number of carbonyl (C=O) groups is 3. The van der Waals surface area contributed by atoms with Gasteiger partial charge in [0.15, 0.2) is 0 Å². The summed E-state index contributed by atoms with van der Waals surface area (Å²) in [6, 6.07) is 10.5. The summed E-state index contributed by atoms with van der Waals surface area (Å²) in [7, 11) is 0. The molecular formula is C27H33ClN4O4. The lowest BCUT2D eigenvalue weighted by atomic mass is 9.96. The maximum atomic E-state index is 13.7. The van der Waals surface area contributed by atoms with Crippen molar-refractivity contribution in [3.05, 3.63) is 63.7 Å². The first-order chi connectivity index (χ1) is 16.7. The number of halogens is 1. The molecule has 2 aromatic carbocycles. The lowest BCUT2D eigenvalue weighted by molar-refractivity contribution is -0.139. The Morgan fingerprint density at radius 1 is 1.11 bits per heavy atom. The second kappa shape index (κ2) is 11.9. The molecule has 0 aliphatic rings. The van der Waals surface area contributed by atoms with Crippen molar-refractivity contribution in [1.29, 1.82) is 5.26 Å². The molecule has 8 nitrogen and oxygen atoms in total. The minimum absolute atomic E-state index is 0.348. The van der Waals surface area contributed by atoms with Crippen molar-refractivity contribution in [1.82, 2.24) is 10.2 Å². The van der Waals surface area contributed by atoms with E-state index >= 15 is 0 Å². The third-order valence-electron chi connectivity index (χ3n) is 5.39. The van der Waals surface area contributed by atoms with E-state index < -0.39 is 35.6 Å². The van der Waals surface area contributed by atoms with Crippen LogP contribution in [0.4, 0.5) is 10.5 Å². The summed E-state index contributed by atoms with van der Waals surface area (Å²) in [5, 5.41) is 15.3. The third kappa shape index (κ3) is 7.46. The number of nitrogens with one attached hydrogen (secondary N) is 2. The van der Waals surface area contributed by atoms with Crippen molar-refractivity contribution in [2.45, 2.75) is 66.2 Å². The van der Waals surface area contributed by atoms with Gasteiger partial charge in [-0.1, -0.05) is 47.5 Å². The maximum absolute atomic E-state index is 13.7. The van der Waals surface area contributed by atoms with Crippen LogP contribution in [0.3, 0.4) is 0 Å². The van der Waals surface area contributed by atoms with Crippen LogP contribution in [0, 0.1) is 32.1 Å². The van der Waals surface area contributed by atoms with E-state index in [0.717, 1.165) is 21.6 Å². The number of hydrogen-bond acceptors (Lipinski definition) is 5. The fourth-order valence-corrected chi connectivity index (χ4v) is 3.92. The van der Waals surface area contributed by atoms with Crippen LogP contribution in [-0.4, -0.2) is 41.0 Å². The summed E-state index contributed by atoms with van der Waals surface area (Å²) in [6.07, 6.45) is -0.778. The van der Waals surface area contributed by atoms with E-state index in [4.69, 9.17) is 16.3 Å². The minimum atomic E-state index is -1.16. The molecule has 0 aromatic heterocycles. The number of nitrogens with zero attached hydrogens (tertiary/aromatic N) is 2.